The van der Waals surface area contributed by atoms with Gasteiger partial charge in [0.25, 0.3) is 0 Å². The summed E-state index contributed by atoms with van der Waals surface area (Å²) in [7, 11) is 0. The quantitative estimate of drug-likeness (QED) is 0.898. The predicted molar refractivity (Wildman–Crippen MR) is 67.4 cm³/mol. The first-order valence-corrected chi connectivity index (χ1v) is 6.16. The van der Waals surface area contributed by atoms with Gasteiger partial charge in [-0.05, 0) is 31.5 Å². The third-order valence-corrected chi connectivity index (χ3v) is 3.24. The van der Waals surface area contributed by atoms with Gasteiger partial charge < -0.3 is 14.5 Å². The van der Waals surface area contributed by atoms with Gasteiger partial charge in [-0.3, -0.25) is 0 Å². The highest BCUT2D eigenvalue weighted by atomic mass is 16.5. The van der Waals surface area contributed by atoms with Crippen molar-refractivity contribution in [1.29, 1.82) is 5.26 Å². The monoisotopic (exact) mass is 242 g/mol. The first-order valence-electron chi connectivity index (χ1n) is 6.16. The Bertz CT molecular complexity index is 591. The lowest BCUT2D eigenvalue weighted by Crippen LogP contribution is -2.28. The molecule has 4 nitrogen and oxygen atoms in total. The second-order valence-corrected chi connectivity index (χ2v) is 4.47. The molecule has 0 spiro atoms. The maximum Gasteiger partial charge on any atom is 0.246 e. The molecule has 92 valence electrons. The normalized spacial score (nSPS) is 18.9. The topological polar surface area (TPSA) is 58.2 Å². The SMILES string of the molecule is N#Cc1oc2ccccc2c1OC[C@H]1CCCN1. The number of nitriles is 1. The fourth-order valence-electron chi connectivity index (χ4n) is 2.32. The molecule has 0 aliphatic carbocycles. The summed E-state index contributed by atoms with van der Waals surface area (Å²) in [4.78, 5) is 0. The Hall–Kier alpha value is -1.99. The van der Waals surface area contributed by atoms with E-state index in [1.807, 2.05) is 30.3 Å². The maximum atomic E-state index is 9.07. The van der Waals surface area contributed by atoms with Crippen LogP contribution < -0.4 is 10.1 Å². The molecule has 1 atom stereocenters. The third-order valence-electron chi connectivity index (χ3n) is 3.24. The molecule has 1 fully saturated rings. The van der Waals surface area contributed by atoms with Gasteiger partial charge in [0.15, 0.2) is 5.75 Å². The van der Waals surface area contributed by atoms with Crippen LogP contribution in [0.2, 0.25) is 0 Å². The summed E-state index contributed by atoms with van der Waals surface area (Å²) in [6.45, 7) is 1.63. The van der Waals surface area contributed by atoms with Gasteiger partial charge in [0, 0.05) is 6.04 Å². The number of furan rings is 1. The smallest absolute Gasteiger partial charge is 0.246 e. The summed E-state index contributed by atoms with van der Waals surface area (Å²) in [5, 5.41) is 13.3. The molecule has 4 heteroatoms. The fourth-order valence-corrected chi connectivity index (χ4v) is 2.32. The van der Waals surface area contributed by atoms with Gasteiger partial charge in [0.2, 0.25) is 5.76 Å². The zero-order valence-corrected chi connectivity index (χ0v) is 9.98. The average Bonchev–Trinajstić information content (AvgIpc) is 3.03. The van der Waals surface area contributed by atoms with Gasteiger partial charge in [-0.25, -0.2) is 0 Å². The molecule has 3 rings (SSSR count). The van der Waals surface area contributed by atoms with E-state index < -0.39 is 0 Å². The van der Waals surface area contributed by atoms with Gasteiger partial charge in [-0.15, -0.1) is 0 Å². The summed E-state index contributed by atoms with van der Waals surface area (Å²) in [6, 6.07) is 9.99. The summed E-state index contributed by atoms with van der Waals surface area (Å²) in [5.41, 5.74) is 0.698. The van der Waals surface area contributed by atoms with E-state index in [9.17, 15) is 0 Å². The maximum absolute atomic E-state index is 9.07. The Balaban J connectivity index is 1.87. The first-order chi connectivity index (χ1) is 8.88. The zero-order chi connectivity index (χ0) is 12.4. The third kappa shape index (κ3) is 1.93. The highest BCUT2D eigenvalue weighted by Gasteiger charge is 2.19. The Kier molecular flexibility index (Phi) is 2.91. The minimum Gasteiger partial charge on any atom is -0.487 e. The van der Waals surface area contributed by atoms with Crippen LogP contribution in [0.15, 0.2) is 28.7 Å². The van der Waals surface area contributed by atoms with Crippen LogP contribution in [0.5, 0.6) is 5.75 Å². The molecular formula is C14H14N2O2. The van der Waals surface area contributed by atoms with Crippen LogP contribution in [0.3, 0.4) is 0 Å². The molecular weight excluding hydrogens is 228 g/mol. The molecule has 1 aliphatic rings. The molecule has 0 unspecified atom stereocenters. The van der Waals surface area contributed by atoms with Gasteiger partial charge in [0.05, 0.1) is 5.39 Å². The van der Waals surface area contributed by atoms with Crippen LogP contribution in [-0.4, -0.2) is 19.2 Å². The summed E-state index contributed by atoms with van der Waals surface area (Å²) >= 11 is 0. The molecule has 1 aromatic heterocycles. The summed E-state index contributed by atoms with van der Waals surface area (Å²) in [6.07, 6.45) is 2.31. The molecule has 1 aliphatic heterocycles. The van der Waals surface area contributed by atoms with Crippen molar-refractivity contribution in [3.63, 3.8) is 0 Å². The summed E-state index contributed by atoms with van der Waals surface area (Å²) < 4.78 is 11.2. The molecule has 2 heterocycles. The number of ether oxygens (including phenoxy) is 1. The van der Waals surface area contributed by atoms with Crippen molar-refractivity contribution >= 4 is 11.0 Å². The second-order valence-electron chi connectivity index (χ2n) is 4.47. The minimum atomic E-state index is 0.259. The Morgan fingerprint density at radius 1 is 1.44 bits per heavy atom. The van der Waals surface area contributed by atoms with Crippen LogP contribution in [0.1, 0.15) is 18.6 Å². The van der Waals surface area contributed by atoms with Gasteiger partial charge in [-0.2, -0.15) is 5.26 Å². The number of rotatable bonds is 3. The van der Waals surface area contributed by atoms with Crippen molar-refractivity contribution in [2.24, 2.45) is 0 Å². The van der Waals surface area contributed by atoms with Crippen molar-refractivity contribution in [3.8, 4) is 11.8 Å². The lowest BCUT2D eigenvalue weighted by molar-refractivity contribution is 0.275. The molecule has 1 N–H and O–H groups in total. The molecule has 1 saturated heterocycles. The molecule has 0 bridgehead atoms. The number of benzene rings is 1. The van der Waals surface area contributed by atoms with Crippen LogP contribution in [0.25, 0.3) is 11.0 Å². The van der Waals surface area contributed by atoms with Gasteiger partial charge in [-0.1, -0.05) is 12.1 Å². The number of hydrogen-bond donors (Lipinski definition) is 1. The van der Waals surface area contributed by atoms with E-state index in [1.54, 1.807) is 0 Å². The molecule has 2 aromatic rings. The Morgan fingerprint density at radius 3 is 3.11 bits per heavy atom. The molecule has 0 saturated carbocycles. The number of nitrogens with zero attached hydrogens (tertiary/aromatic N) is 1. The molecule has 0 amide bonds. The fraction of sp³-hybridized carbons (Fsp3) is 0.357. The van der Waals surface area contributed by atoms with Crippen LogP contribution in [0, 0.1) is 11.3 Å². The van der Waals surface area contributed by atoms with Gasteiger partial charge >= 0.3 is 0 Å². The predicted octanol–water partition coefficient (Wildman–Crippen LogP) is 2.44. The second kappa shape index (κ2) is 4.71. The van der Waals surface area contributed by atoms with E-state index in [0.29, 0.717) is 24.0 Å². The van der Waals surface area contributed by atoms with E-state index in [-0.39, 0.29) is 5.76 Å². The minimum absolute atomic E-state index is 0.259. The van der Waals surface area contributed by atoms with E-state index in [4.69, 9.17) is 14.4 Å². The van der Waals surface area contributed by atoms with Crippen molar-refractivity contribution in [3.05, 3.63) is 30.0 Å². The molecule has 0 radical (unpaired) electrons. The lowest BCUT2D eigenvalue weighted by atomic mass is 10.2. The van der Waals surface area contributed by atoms with E-state index in [0.717, 1.165) is 18.4 Å². The number of nitrogens with one attached hydrogen (secondary N) is 1. The van der Waals surface area contributed by atoms with Gasteiger partial charge in [0.1, 0.15) is 18.3 Å². The highest BCUT2D eigenvalue weighted by Crippen LogP contribution is 2.32. The first kappa shape index (κ1) is 11.1. The number of hydrogen-bond acceptors (Lipinski definition) is 4. The lowest BCUT2D eigenvalue weighted by Gasteiger charge is -2.11. The van der Waals surface area contributed by atoms with E-state index in [2.05, 4.69) is 5.32 Å². The van der Waals surface area contributed by atoms with Crippen LogP contribution in [-0.2, 0) is 0 Å². The van der Waals surface area contributed by atoms with Crippen molar-refractivity contribution < 1.29 is 9.15 Å². The van der Waals surface area contributed by atoms with E-state index in [1.165, 1.54) is 6.42 Å². The average molecular weight is 242 g/mol. The number of para-hydroxylation sites is 1. The highest BCUT2D eigenvalue weighted by molar-refractivity contribution is 5.86. The molecule has 1 aromatic carbocycles. The van der Waals surface area contributed by atoms with E-state index >= 15 is 0 Å². The van der Waals surface area contributed by atoms with Crippen molar-refractivity contribution in [1.82, 2.24) is 5.32 Å². The van der Waals surface area contributed by atoms with Crippen molar-refractivity contribution in [2.45, 2.75) is 18.9 Å². The Morgan fingerprint density at radius 2 is 2.33 bits per heavy atom. The largest absolute Gasteiger partial charge is 0.487 e. The van der Waals surface area contributed by atoms with Crippen LogP contribution in [0.4, 0.5) is 0 Å². The summed E-state index contributed by atoms with van der Waals surface area (Å²) in [5.74, 6) is 0.830. The molecule has 18 heavy (non-hydrogen) atoms. The van der Waals surface area contributed by atoms with Crippen molar-refractivity contribution in [2.75, 3.05) is 13.2 Å². The van der Waals surface area contributed by atoms with Crippen LogP contribution >= 0.6 is 0 Å². The zero-order valence-electron chi connectivity index (χ0n) is 9.98. The standard InChI is InChI=1S/C14H14N2O2/c15-8-13-14(17-9-10-4-3-7-16-10)11-5-1-2-6-12(11)18-13/h1-2,5-6,10,16H,3-4,7,9H2/t10-/m1/s1. The Labute approximate surface area is 105 Å². The number of fused-ring (bicyclic) bond motifs is 1.